The molecule has 0 aliphatic heterocycles. The van der Waals surface area contributed by atoms with Crippen LogP contribution in [0.15, 0.2) is 18.2 Å². The highest BCUT2D eigenvalue weighted by Crippen LogP contribution is 2.14. The quantitative estimate of drug-likeness (QED) is 0.854. The number of hydrogen-bond acceptors (Lipinski definition) is 2. The first-order chi connectivity index (χ1) is 7.29. The number of halogens is 2. The van der Waals surface area contributed by atoms with Gasteiger partial charge in [-0.05, 0) is 32.0 Å². The Labute approximate surface area is 98.8 Å². The third-order valence-corrected chi connectivity index (χ3v) is 2.11. The molecule has 0 atom stereocenters. The summed E-state index contributed by atoms with van der Waals surface area (Å²) in [6, 6.07) is 3.83. The Kier molecular flexibility index (Phi) is 3.88. The lowest BCUT2D eigenvalue weighted by Crippen LogP contribution is -2.45. The van der Waals surface area contributed by atoms with Crippen molar-refractivity contribution in [2.45, 2.75) is 19.4 Å². The van der Waals surface area contributed by atoms with E-state index >= 15 is 0 Å². The summed E-state index contributed by atoms with van der Waals surface area (Å²) in [6.07, 6.45) is 0. The van der Waals surface area contributed by atoms with Crippen LogP contribution in [0.25, 0.3) is 0 Å². The molecule has 0 saturated heterocycles. The third kappa shape index (κ3) is 3.79. The maximum atomic E-state index is 13.3. The number of nitrogens with one attached hydrogen (secondary N) is 1. The lowest BCUT2D eigenvalue weighted by Gasteiger charge is -2.19. The van der Waals surface area contributed by atoms with Crippen LogP contribution in [0, 0.1) is 5.82 Å². The van der Waals surface area contributed by atoms with Gasteiger partial charge < -0.3 is 11.1 Å². The van der Waals surface area contributed by atoms with E-state index in [0.29, 0.717) is 5.02 Å². The molecule has 0 radical (unpaired) electrons. The Morgan fingerprint density at radius 3 is 2.75 bits per heavy atom. The van der Waals surface area contributed by atoms with E-state index in [9.17, 15) is 9.18 Å². The summed E-state index contributed by atoms with van der Waals surface area (Å²) >= 11 is 5.68. The van der Waals surface area contributed by atoms with Gasteiger partial charge in [-0.2, -0.15) is 0 Å². The van der Waals surface area contributed by atoms with Gasteiger partial charge in [-0.1, -0.05) is 11.6 Å². The number of amides is 1. The molecule has 0 fully saturated rings. The van der Waals surface area contributed by atoms with Gasteiger partial charge in [-0.25, -0.2) is 4.39 Å². The summed E-state index contributed by atoms with van der Waals surface area (Å²) in [5, 5.41) is 2.86. The van der Waals surface area contributed by atoms with Gasteiger partial charge in [0, 0.05) is 17.1 Å². The fraction of sp³-hybridized carbons (Fsp3) is 0.364. The highest BCUT2D eigenvalue weighted by atomic mass is 35.5. The smallest absolute Gasteiger partial charge is 0.254 e. The number of nitrogens with two attached hydrogens (primary N) is 1. The van der Waals surface area contributed by atoms with E-state index in [2.05, 4.69) is 5.32 Å². The van der Waals surface area contributed by atoms with Gasteiger partial charge in [0.05, 0.1) is 5.56 Å². The minimum absolute atomic E-state index is 0.0725. The molecule has 0 heterocycles. The number of hydrogen-bond donors (Lipinski definition) is 2. The SMILES string of the molecule is CC(C)(N)CNC(=O)c1cc(Cl)ccc1F. The van der Waals surface area contributed by atoms with Gasteiger partial charge in [0.2, 0.25) is 0 Å². The van der Waals surface area contributed by atoms with Crippen LogP contribution in [0.5, 0.6) is 0 Å². The molecule has 5 heteroatoms. The van der Waals surface area contributed by atoms with E-state index in [4.69, 9.17) is 17.3 Å². The topological polar surface area (TPSA) is 55.1 Å². The van der Waals surface area contributed by atoms with Crippen molar-refractivity contribution in [2.75, 3.05) is 6.54 Å². The van der Waals surface area contributed by atoms with E-state index in [1.54, 1.807) is 13.8 Å². The van der Waals surface area contributed by atoms with E-state index < -0.39 is 17.3 Å². The number of carbonyl (C=O) groups excluding carboxylic acids is 1. The fourth-order valence-corrected chi connectivity index (χ4v) is 1.25. The predicted octanol–water partition coefficient (Wildman–Crippen LogP) is 1.95. The summed E-state index contributed by atoms with van der Waals surface area (Å²) in [7, 11) is 0. The first-order valence-electron chi connectivity index (χ1n) is 4.82. The Morgan fingerprint density at radius 1 is 1.56 bits per heavy atom. The molecule has 88 valence electrons. The Bertz CT molecular complexity index is 401. The van der Waals surface area contributed by atoms with Gasteiger partial charge in [0.15, 0.2) is 0 Å². The molecular formula is C11H14ClFN2O. The van der Waals surface area contributed by atoms with Gasteiger partial charge >= 0.3 is 0 Å². The van der Waals surface area contributed by atoms with Crippen molar-refractivity contribution >= 4 is 17.5 Å². The largest absolute Gasteiger partial charge is 0.350 e. The van der Waals surface area contributed by atoms with Crippen molar-refractivity contribution in [3.05, 3.63) is 34.6 Å². The molecule has 0 aromatic heterocycles. The van der Waals surface area contributed by atoms with Gasteiger partial charge in [0.1, 0.15) is 5.82 Å². The number of rotatable bonds is 3. The van der Waals surface area contributed by atoms with Crippen LogP contribution in [0.1, 0.15) is 24.2 Å². The van der Waals surface area contributed by atoms with E-state index in [1.165, 1.54) is 12.1 Å². The second-order valence-corrected chi connectivity index (χ2v) is 4.73. The zero-order valence-electron chi connectivity index (χ0n) is 9.18. The molecule has 1 aromatic rings. The molecule has 0 bridgehead atoms. The molecule has 0 spiro atoms. The summed E-state index contributed by atoms with van der Waals surface area (Å²) in [6.45, 7) is 3.79. The zero-order valence-corrected chi connectivity index (χ0v) is 9.94. The van der Waals surface area contributed by atoms with E-state index in [1.807, 2.05) is 0 Å². The highest BCUT2D eigenvalue weighted by Gasteiger charge is 2.16. The van der Waals surface area contributed by atoms with Crippen LogP contribution < -0.4 is 11.1 Å². The van der Waals surface area contributed by atoms with Crippen LogP contribution >= 0.6 is 11.6 Å². The standard InChI is InChI=1S/C11H14ClFN2O/c1-11(2,14)6-15-10(16)8-5-7(12)3-4-9(8)13/h3-5H,6,14H2,1-2H3,(H,15,16). The maximum absolute atomic E-state index is 13.3. The predicted molar refractivity (Wildman–Crippen MR) is 62.0 cm³/mol. The molecule has 0 aliphatic rings. The third-order valence-electron chi connectivity index (χ3n) is 1.88. The van der Waals surface area contributed by atoms with Crippen molar-refractivity contribution in [3.63, 3.8) is 0 Å². The molecule has 3 N–H and O–H groups in total. The summed E-state index contributed by atoms with van der Waals surface area (Å²) in [4.78, 5) is 11.6. The van der Waals surface area contributed by atoms with Crippen LogP contribution in [-0.2, 0) is 0 Å². The van der Waals surface area contributed by atoms with Crippen molar-refractivity contribution in [1.82, 2.24) is 5.32 Å². The van der Waals surface area contributed by atoms with Crippen LogP contribution in [0.4, 0.5) is 4.39 Å². The van der Waals surface area contributed by atoms with Crippen LogP contribution in [0.3, 0.4) is 0 Å². The summed E-state index contributed by atoms with van der Waals surface area (Å²) in [5.41, 5.74) is 5.09. The first-order valence-corrected chi connectivity index (χ1v) is 5.19. The van der Waals surface area contributed by atoms with Gasteiger partial charge in [-0.15, -0.1) is 0 Å². The molecule has 0 unspecified atom stereocenters. The molecule has 0 saturated carbocycles. The molecule has 16 heavy (non-hydrogen) atoms. The maximum Gasteiger partial charge on any atom is 0.254 e. The fourth-order valence-electron chi connectivity index (χ4n) is 1.07. The van der Waals surface area contributed by atoms with Crippen molar-refractivity contribution in [1.29, 1.82) is 0 Å². The van der Waals surface area contributed by atoms with Gasteiger partial charge in [0.25, 0.3) is 5.91 Å². The molecular weight excluding hydrogens is 231 g/mol. The Hall–Kier alpha value is -1.13. The van der Waals surface area contributed by atoms with Crippen molar-refractivity contribution in [3.8, 4) is 0 Å². The Balaban J connectivity index is 2.77. The highest BCUT2D eigenvalue weighted by molar-refractivity contribution is 6.30. The molecule has 1 rings (SSSR count). The molecule has 0 aliphatic carbocycles. The lowest BCUT2D eigenvalue weighted by atomic mass is 10.1. The Morgan fingerprint density at radius 2 is 2.19 bits per heavy atom. The second-order valence-electron chi connectivity index (χ2n) is 4.30. The van der Waals surface area contributed by atoms with Crippen molar-refractivity contribution in [2.24, 2.45) is 5.73 Å². The van der Waals surface area contributed by atoms with Gasteiger partial charge in [-0.3, -0.25) is 4.79 Å². The van der Waals surface area contributed by atoms with Crippen LogP contribution in [-0.4, -0.2) is 18.0 Å². The number of benzene rings is 1. The van der Waals surface area contributed by atoms with Crippen LogP contribution in [0.2, 0.25) is 5.02 Å². The summed E-state index contributed by atoms with van der Waals surface area (Å²) in [5.74, 6) is -1.12. The molecule has 1 amide bonds. The molecule has 1 aromatic carbocycles. The minimum Gasteiger partial charge on any atom is -0.350 e. The summed E-state index contributed by atoms with van der Waals surface area (Å²) < 4.78 is 13.3. The normalized spacial score (nSPS) is 11.3. The lowest BCUT2D eigenvalue weighted by molar-refractivity contribution is 0.0942. The second kappa shape index (κ2) is 4.80. The monoisotopic (exact) mass is 244 g/mol. The first kappa shape index (κ1) is 12.9. The minimum atomic E-state index is -0.600. The van der Waals surface area contributed by atoms with E-state index in [-0.39, 0.29) is 12.1 Å². The number of carbonyl (C=O) groups is 1. The van der Waals surface area contributed by atoms with Crippen molar-refractivity contribution < 1.29 is 9.18 Å². The molecule has 3 nitrogen and oxygen atoms in total. The average Bonchev–Trinajstić information content (AvgIpc) is 2.17. The van der Waals surface area contributed by atoms with E-state index in [0.717, 1.165) is 6.07 Å². The zero-order chi connectivity index (χ0) is 12.3. The average molecular weight is 245 g/mol.